The highest BCUT2D eigenvalue weighted by Gasteiger charge is 2.23. The summed E-state index contributed by atoms with van der Waals surface area (Å²) in [5, 5.41) is 7.75. The van der Waals surface area contributed by atoms with E-state index in [9.17, 15) is 13.6 Å². The van der Waals surface area contributed by atoms with Crippen molar-refractivity contribution >= 4 is 21.7 Å². The van der Waals surface area contributed by atoms with E-state index in [2.05, 4.69) is 26.1 Å². The van der Waals surface area contributed by atoms with Gasteiger partial charge in [-0.3, -0.25) is 4.79 Å². The number of hydrogen-bond acceptors (Lipinski definition) is 3. The number of hydrogen-bond donors (Lipinski definition) is 0. The average molecular weight is 341 g/mol. The van der Waals surface area contributed by atoms with Gasteiger partial charge in [0.1, 0.15) is 5.82 Å². The van der Waals surface area contributed by atoms with Crippen LogP contribution in [0.5, 0.6) is 0 Å². The van der Waals surface area contributed by atoms with Gasteiger partial charge in [0.05, 0.1) is 21.4 Å². The molecule has 1 aromatic carbocycles. The summed E-state index contributed by atoms with van der Waals surface area (Å²) in [6, 6.07) is 3.76. The molecule has 20 heavy (non-hydrogen) atoms. The zero-order valence-corrected chi connectivity index (χ0v) is 12.5. The van der Waals surface area contributed by atoms with Gasteiger partial charge in [-0.05, 0) is 47.5 Å². The number of rotatable bonds is 3. The second-order valence-electron chi connectivity index (χ2n) is 4.25. The van der Waals surface area contributed by atoms with Crippen LogP contribution in [-0.4, -0.2) is 16.0 Å². The summed E-state index contributed by atoms with van der Waals surface area (Å²) in [5.74, 6) is -2.53. The van der Waals surface area contributed by atoms with E-state index >= 15 is 0 Å². The van der Waals surface area contributed by atoms with Crippen LogP contribution < -0.4 is 0 Å². The predicted octanol–water partition coefficient (Wildman–Crippen LogP) is 3.62. The first-order valence-corrected chi connectivity index (χ1v) is 6.76. The Morgan fingerprint density at radius 3 is 2.65 bits per heavy atom. The summed E-state index contributed by atoms with van der Waals surface area (Å²) in [6.07, 6.45) is 0.450. The van der Waals surface area contributed by atoms with Gasteiger partial charge in [-0.15, -0.1) is 0 Å². The summed E-state index contributed by atoms with van der Waals surface area (Å²) < 4.78 is 27.8. The summed E-state index contributed by atoms with van der Waals surface area (Å²) >= 11 is 2.95. The van der Waals surface area contributed by atoms with E-state index in [1.807, 2.05) is 0 Å². The van der Waals surface area contributed by atoms with Crippen LogP contribution in [0.1, 0.15) is 34.2 Å². The quantitative estimate of drug-likeness (QED) is 0.633. The minimum absolute atomic E-state index is 0.0408. The highest BCUT2D eigenvalue weighted by atomic mass is 79.9. The summed E-state index contributed by atoms with van der Waals surface area (Å²) in [7, 11) is 0. The van der Waals surface area contributed by atoms with Crippen LogP contribution in [0.15, 0.2) is 22.7 Å². The van der Waals surface area contributed by atoms with Crippen molar-refractivity contribution in [2.24, 2.45) is 0 Å². The van der Waals surface area contributed by atoms with Crippen LogP contribution in [0.3, 0.4) is 0 Å². The molecular formula is C14H11BrF2N2O. The normalized spacial score (nSPS) is 10.7. The lowest BCUT2D eigenvalue weighted by atomic mass is 10.00. The molecule has 1 aromatic heterocycles. The zero-order valence-electron chi connectivity index (χ0n) is 10.9. The molecule has 0 atom stereocenters. The van der Waals surface area contributed by atoms with E-state index in [0.717, 1.165) is 6.07 Å². The van der Waals surface area contributed by atoms with Crippen LogP contribution in [0.2, 0.25) is 0 Å². The smallest absolute Gasteiger partial charge is 0.200 e. The van der Waals surface area contributed by atoms with Crippen molar-refractivity contribution in [2.75, 3.05) is 0 Å². The fourth-order valence-electron chi connectivity index (χ4n) is 1.84. The maximum Gasteiger partial charge on any atom is 0.200 e. The minimum atomic E-state index is -0.911. The van der Waals surface area contributed by atoms with Gasteiger partial charge in [0.25, 0.3) is 0 Å². The molecule has 2 aromatic rings. The third-order valence-electron chi connectivity index (χ3n) is 2.84. The van der Waals surface area contributed by atoms with E-state index in [4.69, 9.17) is 0 Å². The van der Waals surface area contributed by atoms with Crippen molar-refractivity contribution in [3.8, 4) is 0 Å². The van der Waals surface area contributed by atoms with Gasteiger partial charge in [0, 0.05) is 5.56 Å². The Kier molecular flexibility index (Phi) is 4.23. The van der Waals surface area contributed by atoms with Gasteiger partial charge in [0.15, 0.2) is 5.82 Å². The number of aromatic nitrogens is 2. The van der Waals surface area contributed by atoms with E-state index in [-0.39, 0.29) is 10.0 Å². The maximum atomic E-state index is 14.0. The van der Waals surface area contributed by atoms with Crippen LogP contribution in [-0.2, 0) is 6.42 Å². The van der Waals surface area contributed by atoms with Gasteiger partial charge in [-0.1, -0.05) is 6.92 Å². The number of halogens is 3. The van der Waals surface area contributed by atoms with Gasteiger partial charge >= 0.3 is 0 Å². The molecule has 1 heterocycles. The number of carbonyl (C=O) groups excluding carboxylic acids is 1. The largest absolute Gasteiger partial charge is 0.288 e. The molecule has 2 rings (SSSR count). The van der Waals surface area contributed by atoms with E-state index in [1.54, 1.807) is 13.8 Å². The van der Waals surface area contributed by atoms with Gasteiger partial charge in [-0.2, -0.15) is 10.2 Å². The molecule has 0 aliphatic carbocycles. The van der Waals surface area contributed by atoms with Gasteiger partial charge in [-0.25, -0.2) is 8.78 Å². The van der Waals surface area contributed by atoms with Crippen LogP contribution >= 0.6 is 15.9 Å². The van der Waals surface area contributed by atoms with Crippen molar-refractivity contribution in [1.82, 2.24) is 10.2 Å². The van der Waals surface area contributed by atoms with Crippen molar-refractivity contribution < 1.29 is 13.6 Å². The first kappa shape index (κ1) is 14.7. The molecule has 104 valence electrons. The topological polar surface area (TPSA) is 42.9 Å². The second kappa shape index (κ2) is 5.75. The van der Waals surface area contributed by atoms with Gasteiger partial charge < -0.3 is 0 Å². The van der Waals surface area contributed by atoms with Gasteiger partial charge in [0.2, 0.25) is 5.78 Å². The highest BCUT2D eigenvalue weighted by Crippen LogP contribution is 2.25. The van der Waals surface area contributed by atoms with Crippen LogP contribution in [0.25, 0.3) is 0 Å². The van der Waals surface area contributed by atoms with E-state index in [0.29, 0.717) is 17.8 Å². The molecule has 0 spiro atoms. The zero-order chi connectivity index (χ0) is 14.9. The fourth-order valence-corrected chi connectivity index (χ4v) is 2.17. The maximum absolute atomic E-state index is 14.0. The molecule has 0 radical (unpaired) electrons. The van der Waals surface area contributed by atoms with Crippen molar-refractivity contribution in [1.29, 1.82) is 0 Å². The number of aryl methyl sites for hydroxylation is 2. The SMILES string of the molecule is CCc1nnc(C)cc1C(=O)c1c(F)ccc(Br)c1F. The van der Waals surface area contributed by atoms with E-state index < -0.39 is 23.0 Å². The summed E-state index contributed by atoms with van der Waals surface area (Å²) in [6.45, 7) is 3.46. The number of nitrogens with zero attached hydrogens (tertiary/aromatic N) is 2. The highest BCUT2D eigenvalue weighted by molar-refractivity contribution is 9.10. The lowest BCUT2D eigenvalue weighted by Gasteiger charge is -2.09. The Labute approximate surface area is 123 Å². The standard InChI is InChI=1S/C14H11BrF2N2O/c1-3-11-8(6-7(2)18-19-11)14(20)12-10(16)5-4-9(15)13(12)17/h4-6H,3H2,1-2H3. The third-order valence-corrected chi connectivity index (χ3v) is 3.46. The molecule has 0 N–H and O–H groups in total. The first-order chi connectivity index (χ1) is 9.45. The molecule has 0 saturated heterocycles. The Hall–Kier alpha value is -1.69. The number of ketones is 1. The number of benzene rings is 1. The molecule has 3 nitrogen and oxygen atoms in total. The monoisotopic (exact) mass is 340 g/mol. The summed E-state index contributed by atoms with van der Waals surface area (Å²) in [5.41, 5.74) is 0.526. The van der Waals surface area contributed by atoms with E-state index in [1.165, 1.54) is 12.1 Å². The predicted molar refractivity (Wildman–Crippen MR) is 73.6 cm³/mol. The molecule has 0 aliphatic heterocycles. The van der Waals surface area contributed by atoms with Crippen LogP contribution in [0, 0.1) is 18.6 Å². The third kappa shape index (κ3) is 2.60. The Morgan fingerprint density at radius 1 is 1.30 bits per heavy atom. The lowest BCUT2D eigenvalue weighted by Crippen LogP contribution is -2.13. The fraction of sp³-hybridized carbons (Fsp3) is 0.214. The molecule has 0 bridgehead atoms. The number of carbonyl (C=O) groups is 1. The molecule has 0 saturated carbocycles. The molecule has 0 amide bonds. The average Bonchev–Trinajstić information content (AvgIpc) is 2.43. The van der Waals surface area contributed by atoms with Crippen molar-refractivity contribution in [3.63, 3.8) is 0 Å². The Balaban J connectivity index is 2.63. The Bertz CT molecular complexity index is 689. The lowest BCUT2D eigenvalue weighted by molar-refractivity contribution is 0.102. The first-order valence-electron chi connectivity index (χ1n) is 5.97. The second-order valence-corrected chi connectivity index (χ2v) is 5.10. The Morgan fingerprint density at radius 2 is 2.00 bits per heavy atom. The molecule has 0 fully saturated rings. The van der Waals surface area contributed by atoms with Crippen LogP contribution in [0.4, 0.5) is 8.78 Å². The van der Waals surface area contributed by atoms with Crippen molar-refractivity contribution in [3.05, 3.63) is 56.8 Å². The molecule has 0 unspecified atom stereocenters. The molecular weight excluding hydrogens is 330 g/mol. The summed E-state index contributed by atoms with van der Waals surface area (Å²) in [4.78, 5) is 12.4. The van der Waals surface area contributed by atoms with Crippen molar-refractivity contribution in [2.45, 2.75) is 20.3 Å². The molecule has 0 aliphatic rings. The minimum Gasteiger partial charge on any atom is -0.288 e. The molecule has 6 heteroatoms.